The monoisotopic (exact) mass is 618 g/mol. The molecular weight excluding hydrogens is 572 g/mol. The second-order valence-electron chi connectivity index (χ2n) is 12.1. The molecule has 4 aromatic carbocycles. The van der Waals surface area contributed by atoms with E-state index >= 15 is 0 Å². The van der Waals surface area contributed by atoms with Crippen molar-refractivity contribution in [2.45, 2.75) is 59.6 Å². The van der Waals surface area contributed by atoms with Crippen molar-refractivity contribution in [2.75, 3.05) is 26.2 Å². The van der Waals surface area contributed by atoms with E-state index in [0.29, 0.717) is 6.61 Å². The van der Waals surface area contributed by atoms with E-state index in [9.17, 15) is 0 Å². The first-order valence-corrected chi connectivity index (χ1v) is 16.4. The predicted octanol–water partition coefficient (Wildman–Crippen LogP) is 8.90. The Morgan fingerprint density at radius 1 is 0.761 bits per heavy atom. The molecule has 1 aliphatic rings. The number of nitrogens with zero attached hydrogens (tertiary/aromatic N) is 2. The maximum atomic E-state index is 9.00. The highest BCUT2D eigenvalue weighted by Gasteiger charge is 2.17. The lowest BCUT2D eigenvalue weighted by Gasteiger charge is -2.19. The summed E-state index contributed by atoms with van der Waals surface area (Å²) in [6.45, 7) is 11.0. The zero-order chi connectivity index (χ0) is 32.3. The van der Waals surface area contributed by atoms with Gasteiger partial charge < -0.3 is 19.1 Å². The third-order valence-electron chi connectivity index (χ3n) is 8.49. The van der Waals surface area contributed by atoms with E-state index in [1.54, 1.807) is 0 Å². The van der Waals surface area contributed by atoms with Crippen LogP contribution in [0.5, 0.6) is 11.5 Å². The number of carboxylic acid groups (broad SMARTS) is 1. The molecule has 1 fully saturated rings. The van der Waals surface area contributed by atoms with E-state index in [2.05, 4.69) is 102 Å². The van der Waals surface area contributed by atoms with Gasteiger partial charge in [-0.15, -0.1) is 0 Å². The van der Waals surface area contributed by atoms with Gasteiger partial charge >= 0.3 is 0 Å². The smallest absolute Gasteiger partial charge is 0.300 e. The van der Waals surface area contributed by atoms with E-state index in [0.717, 1.165) is 38.1 Å². The zero-order valence-corrected chi connectivity index (χ0v) is 27.4. The molecule has 46 heavy (non-hydrogen) atoms. The molecule has 1 aromatic heterocycles. The first kappa shape index (κ1) is 32.8. The fraction of sp³-hybridized carbons (Fsp3) is 0.325. The van der Waals surface area contributed by atoms with Gasteiger partial charge in [0.05, 0.1) is 5.69 Å². The van der Waals surface area contributed by atoms with Gasteiger partial charge in [-0.25, -0.2) is 0 Å². The zero-order valence-electron chi connectivity index (χ0n) is 27.4. The van der Waals surface area contributed by atoms with Gasteiger partial charge in [0.15, 0.2) is 0 Å². The lowest BCUT2D eigenvalue weighted by Crippen LogP contribution is -2.29. The topological polar surface area (TPSA) is 63.9 Å². The molecule has 0 radical (unpaired) electrons. The van der Waals surface area contributed by atoms with Gasteiger partial charge in [-0.2, -0.15) is 0 Å². The number of aryl methyl sites for hydroxylation is 2. The SMILES string of the molecule is CC(=O)O.Cc1ccc2c(c1)c(C)c(-c1ccc(OCc3ccccc3)cc1)n2Cc1ccc(OCCN2CCCCCC2)cc1. The molecule has 1 saturated heterocycles. The van der Waals surface area contributed by atoms with Gasteiger partial charge in [0.25, 0.3) is 5.97 Å². The summed E-state index contributed by atoms with van der Waals surface area (Å²) in [6.07, 6.45) is 5.36. The third-order valence-corrected chi connectivity index (χ3v) is 8.49. The van der Waals surface area contributed by atoms with E-state index < -0.39 is 5.97 Å². The number of benzene rings is 4. The number of aliphatic carboxylic acids is 1. The van der Waals surface area contributed by atoms with Crippen LogP contribution in [-0.4, -0.2) is 46.8 Å². The van der Waals surface area contributed by atoms with Gasteiger partial charge in [0, 0.05) is 30.9 Å². The Labute approximate surface area is 273 Å². The van der Waals surface area contributed by atoms with Crippen LogP contribution < -0.4 is 9.47 Å². The summed E-state index contributed by atoms with van der Waals surface area (Å²) < 4.78 is 14.7. The Bertz CT molecular complexity index is 1680. The molecule has 6 nitrogen and oxygen atoms in total. The number of rotatable bonds is 10. The average Bonchev–Trinajstić information content (AvgIpc) is 3.19. The molecule has 1 aliphatic heterocycles. The quantitative estimate of drug-likeness (QED) is 0.169. The molecule has 0 unspecified atom stereocenters. The second-order valence-corrected chi connectivity index (χ2v) is 12.1. The molecule has 0 atom stereocenters. The summed E-state index contributed by atoms with van der Waals surface area (Å²) in [4.78, 5) is 11.5. The van der Waals surface area contributed by atoms with Crippen LogP contribution >= 0.6 is 0 Å². The van der Waals surface area contributed by atoms with Crippen molar-refractivity contribution in [1.82, 2.24) is 9.47 Å². The third kappa shape index (κ3) is 9.01. The molecular formula is C40H46N2O4. The van der Waals surface area contributed by atoms with Crippen LogP contribution in [0.1, 0.15) is 54.9 Å². The number of carboxylic acids is 1. The standard InChI is InChI=1S/C38H42N2O2.C2H4O2/c1-29-12-21-37-36(26-29)30(2)38(33-15-19-35(20-16-33)42-28-32-10-6-5-7-11-32)40(37)27-31-13-17-34(18-14-31)41-25-24-39-22-8-3-4-9-23-39;1-2(3)4/h5-7,10-21,26H,3-4,8-9,22-25,27-28H2,1-2H3;1H3,(H,3,4). The van der Waals surface area contributed by atoms with Gasteiger partial charge in [0.1, 0.15) is 24.7 Å². The molecule has 6 heteroatoms. The number of fused-ring (bicyclic) bond motifs is 1. The van der Waals surface area contributed by atoms with E-state index in [-0.39, 0.29) is 0 Å². The number of carbonyl (C=O) groups is 1. The van der Waals surface area contributed by atoms with Gasteiger partial charge in [-0.3, -0.25) is 9.69 Å². The number of likely N-dealkylation sites (tertiary alicyclic amines) is 1. The molecule has 0 aliphatic carbocycles. The van der Waals surface area contributed by atoms with Crippen LogP contribution in [0, 0.1) is 13.8 Å². The first-order chi connectivity index (χ1) is 22.4. The van der Waals surface area contributed by atoms with Crippen LogP contribution in [0.15, 0.2) is 97.1 Å². The van der Waals surface area contributed by atoms with Crippen LogP contribution in [0.25, 0.3) is 22.2 Å². The number of aromatic nitrogens is 1. The number of ether oxygens (including phenoxy) is 2. The summed E-state index contributed by atoms with van der Waals surface area (Å²) in [5, 5.41) is 8.72. The van der Waals surface area contributed by atoms with Crippen LogP contribution in [0.4, 0.5) is 0 Å². The predicted molar refractivity (Wildman–Crippen MR) is 187 cm³/mol. The second kappa shape index (κ2) is 16.1. The molecule has 1 N–H and O–H groups in total. The maximum Gasteiger partial charge on any atom is 0.300 e. The van der Waals surface area contributed by atoms with Crippen molar-refractivity contribution in [2.24, 2.45) is 0 Å². The first-order valence-electron chi connectivity index (χ1n) is 16.4. The minimum Gasteiger partial charge on any atom is -0.492 e. The Morgan fingerprint density at radius 2 is 1.39 bits per heavy atom. The molecule has 6 rings (SSSR count). The van der Waals surface area contributed by atoms with E-state index in [1.807, 2.05) is 18.2 Å². The van der Waals surface area contributed by atoms with Crippen molar-refractivity contribution in [1.29, 1.82) is 0 Å². The Morgan fingerprint density at radius 3 is 2.07 bits per heavy atom. The summed E-state index contributed by atoms with van der Waals surface area (Å²) >= 11 is 0. The van der Waals surface area contributed by atoms with Crippen molar-refractivity contribution in [3.8, 4) is 22.8 Å². The van der Waals surface area contributed by atoms with Gasteiger partial charge in [-0.1, -0.05) is 66.9 Å². The summed E-state index contributed by atoms with van der Waals surface area (Å²) in [7, 11) is 0. The van der Waals surface area contributed by atoms with E-state index in [1.165, 1.54) is 83.2 Å². The van der Waals surface area contributed by atoms with Crippen LogP contribution in [-0.2, 0) is 17.9 Å². The molecule has 0 spiro atoms. The summed E-state index contributed by atoms with van der Waals surface area (Å²) in [6, 6.07) is 34.3. The highest BCUT2D eigenvalue weighted by Crippen LogP contribution is 2.35. The molecule has 0 saturated carbocycles. The molecule has 0 bridgehead atoms. The Balaban J connectivity index is 0.000000985. The minimum atomic E-state index is -0.833. The summed E-state index contributed by atoms with van der Waals surface area (Å²) in [5.74, 6) is 0.995. The Kier molecular flexibility index (Phi) is 11.5. The van der Waals surface area contributed by atoms with Gasteiger partial charge in [-0.05, 0) is 111 Å². The van der Waals surface area contributed by atoms with Gasteiger partial charge in [0.2, 0.25) is 0 Å². The van der Waals surface area contributed by atoms with Crippen LogP contribution in [0.3, 0.4) is 0 Å². The maximum absolute atomic E-state index is 9.00. The molecule has 2 heterocycles. The normalized spacial score (nSPS) is 13.5. The molecule has 5 aromatic rings. The lowest BCUT2D eigenvalue weighted by atomic mass is 10.1. The molecule has 240 valence electrons. The van der Waals surface area contributed by atoms with E-state index in [4.69, 9.17) is 19.4 Å². The van der Waals surface area contributed by atoms with Crippen molar-refractivity contribution >= 4 is 16.9 Å². The molecule has 0 amide bonds. The number of hydrogen-bond donors (Lipinski definition) is 1. The fourth-order valence-electron chi connectivity index (χ4n) is 6.15. The van der Waals surface area contributed by atoms with Crippen molar-refractivity contribution in [3.05, 3.63) is 119 Å². The summed E-state index contributed by atoms with van der Waals surface area (Å²) in [5.41, 5.74) is 8.72. The van der Waals surface area contributed by atoms with Crippen LogP contribution in [0.2, 0.25) is 0 Å². The number of hydrogen-bond acceptors (Lipinski definition) is 4. The lowest BCUT2D eigenvalue weighted by molar-refractivity contribution is -0.134. The fourth-order valence-corrected chi connectivity index (χ4v) is 6.15. The van der Waals surface area contributed by atoms with Crippen molar-refractivity contribution < 1.29 is 19.4 Å². The highest BCUT2D eigenvalue weighted by atomic mass is 16.5. The highest BCUT2D eigenvalue weighted by molar-refractivity contribution is 5.92. The minimum absolute atomic E-state index is 0.566. The van der Waals surface area contributed by atoms with Crippen molar-refractivity contribution in [3.63, 3.8) is 0 Å². The Hall–Kier alpha value is -4.55. The largest absolute Gasteiger partial charge is 0.492 e. The average molecular weight is 619 g/mol.